The molecule has 0 radical (unpaired) electrons. The summed E-state index contributed by atoms with van der Waals surface area (Å²) in [6, 6.07) is 8.66. The van der Waals surface area contributed by atoms with Crippen LogP contribution in [0.15, 0.2) is 29.3 Å². The molecule has 1 rings (SSSR count). The first-order chi connectivity index (χ1) is 8.54. The van der Waals surface area contributed by atoms with Gasteiger partial charge >= 0.3 is 0 Å². The molecule has 0 unspecified atom stereocenters. The highest BCUT2D eigenvalue weighted by molar-refractivity contribution is 7.97. The van der Waals surface area contributed by atoms with Gasteiger partial charge in [0.05, 0.1) is 6.54 Å². The third kappa shape index (κ3) is 4.61. The monoisotopic (exact) mass is 265 g/mol. The van der Waals surface area contributed by atoms with Crippen LogP contribution in [0.4, 0.5) is 0 Å². The van der Waals surface area contributed by atoms with Gasteiger partial charge in [-0.1, -0.05) is 24.3 Å². The van der Waals surface area contributed by atoms with Crippen LogP contribution >= 0.6 is 11.8 Å². The largest absolute Gasteiger partial charge is 0.349 e. The number of nitrogens with zero attached hydrogens (tertiary/aromatic N) is 3. The Morgan fingerprint density at radius 2 is 1.72 bits per heavy atom. The first-order valence-corrected chi connectivity index (χ1v) is 7.40. The molecule has 0 saturated heterocycles. The number of hydrogen-bond donors (Lipinski definition) is 0. The Bertz CT molecular complexity index is 390. The van der Waals surface area contributed by atoms with Gasteiger partial charge in [-0.15, -0.1) is 0 Å². The minimum atomic E-state index is 0.730. The summed E-state index contributed by atoms with van der Waals surface area (Å²) in [4.78, 5) is 8.72. The molecular weight excluding hydrogens is 242 g/mol. The minimum absolute atomic E-state index is 0.730. The van der Waals surface area contributed by atoms with Crippen molar-refractivity contribution in [3.8, 4) is 0 Å². The highest BCUT2D eigenvalue weighted by Crippen LogP contribution is 2.12. The van der Waals surface area contributed by atoms with Crippen LogP contribution in [0, 0.1) is 0 Å². The molecule has 0 saturated carbocycles. The van der Waals surface area contributed by atoms with Gasteiger partial charge in [0.1, 0.15) is 0 Å². The summed E-state index contributed by atoms with van der Waals surface area (Å²) in [5.41, 5.74) is 2.63. The Morgan fingerprint density at radius 3 is 2.28 bits per heavy atom. The van der Waals surface area contributed by atoms with Crippen molar-refractivity contribution in [1.82, 2.24) is 9.80 Å². The van der Waals surface area contributed by atoms with E-state index >= 15 is 0 Å². The smallest absolute Gasteiger partial charge is 0.195 e. The second-order valence-corrected chi connectivity index (χ2v) is 5.52. The molecule has 0 spiro atoms. The molecule has 0 bridgehead atoms. The lowest BCUT2D eigenvalue weighted by atomic mass is 10.1. The summed E-state index contributed by atoms with van der Waals surface area (Å²) < 4.78 is 0. The minimum Gasteiger partial charge on any atom is -0.349 e. The van der Waals surface area contributed by atoms with Crippen molar-refractivity contribution in [2.45, 2.75) is 12.3 Å². The van der Waals surface area contributed by atoms with Gasteiger partial charge in [0.15, 0.2) is 5.96 Å². The van der Waals surface area contributed by atoms with E-state index in [0.717, 1.165) is 18.3 Å². The zero-order chi connectivity index (χ0) is 13.5. The van der Waals surface area contributed by atoms with E-state index in [0.29, 0.717) is 0 Å². The molecule has 100 valence electrons. The average Bonchev–Trinajstić information content (AvgIpc) is 2.29. The predicted octanol–water partition coefficient (Wildman–Crippen LogP) is 2.53. The fourth-order valence-corrected chi connectivity index (χ4v) is 2.34. The Kier molecular flexibility index (Phi) is 6.05. The maximum atomic E-state index is 4.66. The second-order valence-electron chi connectivity index (χ2n) is 4.66. The van der Waals surface area contributed by atoms with Crippen LogP contribution in [0.25, 0.3) is 0 Å². The predicted molar refractivity (Wildman–Crippen MR) is 82.2 cm³/mol. The molecule has 0 aliphatic heterocycles. The molecule has 4 heteroatoms. The van der Waals surface area contributed by atoms with Gasteiger partial charge in [0, 0.05) is 33.9 Å². The van der Waals surface area contributed by atoms with Crippen LogP contribution in [0.2, 0.25) is 0 Å². The summed E-state index contributed by atoms with van der Waals surface area (Å²) >= 11 is 1.85. The fourth-order valence-electron chi connectivity index (χ4n) is 1.83. The topological polar surface area (TPSA) is 18.8 Å². The zero-order valence-electron chi connectivity index (χ0n) is 12.0. The fraction of sp³-hybridized carbons (Fsp3) is 0.500. The van der Waals surface area contributed by atoms with E-state index in [4.69, 9.17) is 0 Å². The highest BCUT2D eigenvalue weighted by Gasteiger charge is 2.03. The van der Waals surface area contributed by atoms with Crippen molar-refractivity contribution in [3.05, 3.63) is 35.4 Å². The van der Waals surface area contributed by atoms with Crippen LogP contribution in [-0.4, -0.2) is 50.2 Å². The lowest BCUT2D eigenvalue weighted by Gasteiger charge is -2.22. The van der Waals surface area contributed by atoms with Gasteiger partial charge in [-0.2, -0.15) is 11.8 Å². The van der Waals surface area contributed by atoms with E-state index in [1.54, 1.807) is 0 Å². The molecule has 3 nitrogen and oxygen atoms in total. The van der Waals surface area contributed by atoms with E-state index in [9.17, 15) is 0 Å². The van der Waals surface area contributed by atoms with Crippen molar-refractivity contribution >= 4 is 17.7 Å². The van der Waals surface area contributed by atoms with E-state index in [1.165, 1.54) is 11.1 Å². The summed E-state index contributed by atoms with van der Waals surface area (Å²) in [6.45, 7) is 0.730. The summed E-state index contributed by atoms with van der Waals surface area (Å²) in [5.74, 6) is 2.05. The van der Waals surface area contributed by atoms with Crippen LogP contribution in [0.1, 0.15) is 11.1 Å². The Hall–Kier alpha value is -1.16. The Labute approximate surface area is 115 Å². The summed E-state index contributed by atoms with van der Waals surface area (Å²) in [7, 11) is 8.07. The normalized spacial score (nSPS) is 10.1. The molecule has 1 aromatic rings. The van der Waals surface area contributed by atoms with Crippen molar-refractivity contribution in [2.24, 2.45) is 4.99 Å². The second kappa shape index (κ2) is 7.31. The first-order valence-electron chi connectivity index (χ1n) is 6.00. The van der Waals surface area contributed by atoms with E-state index in [-0.39, 0.29) is 0 Å². The standard InChI is InChI=1S/C14H23N3S/c1-16(2)14(17(3)4)15-10-12-7-6-8-13(9-12)11-18-5/h6-9H,10-11H2,1-5H3. The maximum Gasteiger partial charge on any atom is 0.195 e. The SMILES string of the molecule is CSCc1cccc(CN=C(N(C)C)N(C)C)c1. The molecule has 0 aliphatic rings. The lowest BCUT2D eigenvalue weighted by Crippen LogP contribution is -2.35. The molecule has 0 aliphatic carbocycles. The van der Waals surface area contributed by atoms with E-state index < -0.39 is 0 Å². The van der Waals surface area contributed by atoms with Crippen LogP contribution in [0.3, 0.4) is 0 Å². The van der Waals surface area contributed by atoms with Crippen molar-refractivity contribution in [1.29, 1.82) is 0 Å². The number of rotatable bonds is 4. The zero-order valence-corrected chi connectivity index (χ0v) is 12.8. The van der Waals surface area contributed by atoms with E-state index in [2.05, 4.69) is 35.5 Å². The number of thioether (sulfide) groups is 1. The van der Waals surface area contributed by atoms with Crippen molar-refractivity contribution < 1.29 is 0 Å². The molecule has 0 fully saturated rings. The molecule has 0 atom stereocenters. The van der Waals surface area contributed by atoms with Crippen LogP contribution in [-0.2, 0) is 12.3 Å². The molecule has 0 amide bonds. The number of guanidine groups is 1. The number of benzene rings is 1. The number of hydrogen-bond acceptors (Lipinski definition) is 2. The van der Waals surface area contributed by atoms with Crippen LogP contribution in [0.5, 0.6) is 0 Å². The van der Waals surface area contributed by atoms with Crippen LogP contribution < -0.4 is 0 Å². The Morgan fingerprint density at radius 1 is 1.11 bits per heavy atom. The third-order valence-electron chi connectivity index (χ3n) is 2.51. The maximum absolute atomic E-state index is 4.66. The first kappa shape index (κ1) is 14.9. The quantitative estimate of drug-likeness (QED) is 0.616. The van der Waals surface area contributed by atoms with Gasteiger partial charge in [-0.25, -0.2) is 4.99 Å². The molecule has 1 aromatic carbocycles. The lowest BCUT2D eigenvalue weighted by molar-refractivity contribution is 0.479. The van der Waals surface area contributed by atoms with Crippen molar-refractivity contribution in [2.75, 3.05) is 34.4 Å². The van der Waals surface area contributed by atoms with Gasteiger partial charge in [0.25, 0.3) is 0 Å². The molecule has 18 heavy (non-hydrogen) atoms. The summed E-state index contributed by atoms with van der Waals surface area (Å²) in [6.07, 6.45) is 2.13. The average molecular weight is 265 g/mol. The summed E-state index contributed by atoms with van der Waals surface area (Å²) in [5, 5.41) is 0. The third-order valence-corrected chi connectivity index (χ3v) is 3.13. The van der Waals surface area contributed by atoms with Gasteiger partial charge in [-0.05, 0) is 17.4 Å². The molecule has 0 heterocycles. The van der Waals surface area contributed by atoms with Gasteiger partial charge < -0.3 is 9.80 Å². The molecular formula is C14H23N3S. The van der Waals surface area contributed by atoms with Crippen molar-refractivity contribution in [3.63, 3.8) is 0 Å². The highest BCUT2D eigenvalue weighted by atomic mass is 32.2. The van der Waals surface area contributed by atoms with Gasteiger partial charge in [0.2, 0.25) is 0 Å². The Balaban J connectivity index is 2.77. The van der Waals surface area contributed by atoms with E-state index in [1.807, 2.05) is 49.8 Å². The molecule has 0 aromatic heterocycles. The molecule has 0 N–H and O–H groups in total. The van der Waals surface area contributed by atoms with Gasteiger partial charge in [-0.3, -0.25) is 0 Å². The number of aliphatic imine (C=N–C) groups is 1.